The minimum absolute atomic E-state index is 0.111. The molecule has 0 saturated carbocycles. The lowest BCUT2D eigenvalue weighted by Gasteiger charge is -2.10. The topological polar surface area (TPSA) is 75.3 Å². The molecule has 1 amide bonds. The number of benzene rings is 3. The smallest absolute Gasteiger partial charge is 0.261 e. The first-order chi connectivity index (χ1) is 12.8. The molecule has 0 radical (unpaired) electrons. The van der Waals surface area contributed by atoms with Gasteiger partial charge in [-0.3, -0.25) is 9.52 Å². The molecule has 138 valence electrons. The Balaban J connectivity index is 1.73. The lowest BCUT2D eigenvalue weighted by molar-refractivity contribution is 0.102. The van der Waals surface area contributed by atoms with Crippen LogP contribution in [-0.4, -0.2) is 14.3 Å². The van der Waals surface area contributed by atoms with E-state index in [9.17, 15) is 13.2 Å². The highest BCUT2D eigenvalue weighted by atomic mass is 127. The van der Waals surface area contributed by atoms with E-state index in [-0.39, 0.29) is 10.8 Å². The van der Waals surface area contributed by atoms with Crippen LogP contribution in [0.15, 0.2) is 82.2 Å². The van der Waals surface area contributed by atoms with Crippen molar-refractivity contribution in [2.24, 2.45) is 0 Å². The second-order valence-electron chi connectivity index (χ2n) is 5.57. The van der Waals surface area contributed by atoms with Crippen LogP contribution in [0.4, 0.5) is 11.4 Å². The maximum Gasteiger partial charge on any atom is 0.261 e. The molecule has 2 N–H and O–H groups in total. The molecule has 3 aromatic carbocycles. The fraction of sp³-hybridized carbons (Fsp3) is 0. The van der Waals surface area contributed by atoms with Crippen LogP contribution in [0.5, 0.6) is 0 Å². The number of hydrogen-bond acceptors (Lipinski definition) is 3. The minimum Gasteiger partial charge on any atom is -0.322 e. The van der Waals surface area contributed by atoms with Crippen molar-refractivity contribution in [1.29, 1.82) is 0 Å². The molecule has 0 saturated heterocycles. The van der Waals surface area contributed by atoms with E-state index in [1.807, 2.05) is 18.2 Å². The second kappa shape index (κ2) is 8.41. The van der Waals surface area contributed by atoms with Gasteiger partial charge in [-0.2, -0.15) is 0 Å². The molecule has 8 heteroatoms. The summed E-state index contributed by atoms with van der Waals surface area (Å²) in [6.45, 7) is 0. The first-order valence-electron chi connectivity index (χ1n) is 7.79. The fourth-order valence-corrected chi connectivity index (χ4v) is 4.18. The highest BCUT2D eigenvalue weighted by Gasteiger charge is 2.15. The lowest BCUT2D eigenvalue weighted by atomic mass is 10.2. The summed E-state index contributed by atoms with van der Waals surface area (Å²) < 4.78 is 29.2. The van der Waals surface area contributed by atoms with Gasteiger partial charge in [0.05, 0.1) is 10.5 Å². The zero-order chi connectivity index (χ0) is 19.4. The summed E-state index contributed by atoms with van der Waals surface area (Å²) in [7, 11) is -3.70. The van der Waals surface area contributed by atoms with Gasteiger partial charge in [-0.25, -0.2) is 8.42 Å². The highest BCUT2D eigenvalue weighted by Crippen LogP contribution is 2.21. The summed E-state index contributed by atoms with van der Waals surface area (Å²) in [5.41, 5.74) is 1.49. The van der Waals surface area contributed by atoms with Crippen LogP contribution in [0, 0.1) is 3.57 Å². The maximum atomic E-state index is 12.5. The molecule has 0 atom stereocenters. The lowest BCUT2D eigenvalue weighted by Crippen LogP contribution is -2.14. The van der Waals surface area contributed by atoms with E-state index >= 15 is 0 Å². The van der Waals surface area contributed by atoms with E-state index in [1.54, 1.807) is 42.5 Å². The Morgan fingerprint density at radius 1 is 0.852 bits per heavy atom. The number of carbonyl (C=O) groups is 1. The van der Waals surface area contributed by atoms with Crippen LogP contribution >= 0.6 is 38.5 Å². The highest BCUT2D eigenvalue weighted by molar-refractivity contribution is 14.1. The predicted molar refractivity (Wildman–Crippen MR) is 119 cm³/mol. The number of rotatable bonds is 5. The summed E-state index contributed by atoms with van der Waals surface area (Å²) in [6, 6.07) is 20.1. The molecule has 27 heavy (non-hydrogen) atoms. The Kier molecular flexibility index (Phi) is 6.18. The summed E-state index contributed by atoms with van der Waals surface area (Å²) in [6.07, 6.45) is 0. The van der Waals surface area contributed by atoms with E-state index in [1.165, 1.54) is 12.1 Å². The first kappa shape index (κ1) is 19.8. The van der Waals surface area contributed by atoms with Crippen molar-refractivity contribution < 1.29 is 13.2 Å². The van der Waals surface area contributed by atoms with E-state index < -0.39 is 10.0 Å². The van der Waals surface area contributed by atoms with Crippen molar-refractivity contribution in [2.75, 3.05) is 10.0 Å². The summed E-state index contributed by atoms with van der Waals surface area (Å²) in [5.74, 6) is -0.282. The Bertz CT molecular complexity index is 1070. The molecule has 0 spiro atoms. The van der Waals surface area contributed by atoms with Gasteiger partial charge in [-0.15, -0.1) is 0 Å². The van der Waals surface area contributed by atoms with Crippen LogP contribution in [0.3, 0.4) is 0 Å². The van der Waals surface area contributed by atoms with Crippen molar-refractivity contribution in [2.45, 2.75) is 4.90 Å². The fourth-order valence-electron chi connectivity index (χ4n) is 2.29. The van der Waals surface area contributed by atoms with Crippen molar-refractivity contribution >= 4 is 65.8 Å². The van der Waals surface area contributed by atoms with Crippen LogP contribution < -0.4 is 10.0 Å². The number of anilines is 2. The van der Waals surface area contributed by atoms with E-state index in [4.69, 9.17) is 0 Å². The van der Waals surface area contributed by atoms with Crippen LogP contribution in [0.1, 0.15) is 10.4 Å². The monoisotopic (exact) mass is 556 g/mol. The Morgan fingerprint density at radius 2 is 1.44 bits per heavy atom. The molecule has 3 aromatic rings. The normalized spacial score (nSPS) is 11.0. The molecule has 0 aliphatic carbocycles. The van der Waals surface area contributed by atoms with Gasteiger partial charge in [-0.05, 0) is 99.2 Å². The number of hydrogen-bond donors (Lipinski definition) is 2. The molecular weight excluding hydrogens is 543 g/mol. The minimum atomic E-state index is -3.70. The number of sulfonamides is 1. The summed E-state index contributed by atoms with van der Waals surface area (Å²) >= 11 is 5.48. The first-order valence-corrected chi connectivity index (χ1v) is 11.1. The number of halogens is 2. The zero-order valence-corrected chi connectivity index (χ0v) is 18.4. The summed E-state index contributed by atoms with van der Waals surface area (Å²) in [4.78, 5) is 12.4. The van der Waals surface area contributed by atoms with Crippen LogP contribution in [0.25, 0.3) is 0 Å². The van der Waals surface area contributed by atoms with Gasteiger partial charge in [0.15, 0.2) is 0 Å². The molecule has 0 aromatic heterocycles. The van der Waals surface area contributed by atoms with Crippen molar-refractivity contribution in [3.63, 3.8) is 0 Å². The largest absolute Gasteiger partial charge is 0.322 e. The van der Waals surface area contributed by atoms with Gasteiger partial charge < -0.3 is 5.32 Å². The quantitative estimate of drug-likeness (QED) is 0.429. The maximum absolute atomic E-state index is 12.5. The third kappa shape index (κ3) is 5.08. The molecule has 0 aliphatic rings. The van der Waals surface area contributed by atoms with Gasteiger partial charge in [0.25, 0.3) is 15.9 Å². The predicted octanol–water partition coefficient (Wildman–Crippen LogP) is 5.11. The third-order valence-corrected chi connectivity index (χ3v) is 6.45. The van der Waals surface area contributed by atoms with Crippen LogP contribution in [-0.2, 0) is 10.0 Å². The zero-order valence-electron chi connectivity index (χ0n) is 13.8. The van der Waals surface area contributed by atoms with Crippen molar-refractivity contribution in [1.82, 2.24) is 0 Å². The van der Waals surface area contributed by atoms with Gasteiger partial charge in [0, 0.05) is 19.4 Å². The summed E-state index contributed by atoms with van der Waals surface area (Å²) in [5, 5.41) is 2.75. The molecule has 0 bridgehead atoms. The molecule has 3 rings (SSSR count). The Morgan fingerprint density at radius 3 is 2.07 bits per heavy atom. The average Bonchev–Trinajstić information content (AvgIpc) is 2.64. The van der Waals surface area contributed by atoms with Crippen LogP contribution in [0.2, 0.25) is 0 Å². The van der Waals surface area contributed by atoms with Crippen molar-refractivity contribution in [3.05, 3.63) is 86.4 Å². The van der Waals surface area contributed by atoms with E-state index in [0.717, 1.165) is 3.57 Å². The number of amides is 1. The molecule has 0 unspecified atom stereocenters. The van der Waals surface area contributed by atoms with Gasteiger partial charge in [-0.1, -0.05) is 12.1 Å². The molecule has 0 aliphatic heterocycles. The third-order valence-electron chi connectivity index (χ3n) is 3.64. The van der Waals surface area contributed by atoms with Gasteiger partial charge >= 0.3 is 0 Å². The molecule has 0 heterocycles. The Hall–Kier alpha value is -1.91. The molecule has 5 nitrogen and oxygen atoms in total. The molecule has 0 fully saturated rings. The SMILES string of the molecule is O=C(Nc1ccc(S(=O)(=O)Nc2ccc(I)cc2)cc1)c1ccccc1Br. The Labute approximate surface area is 179 Å². The standard InChI is InChI=1S/C19H14BrIN2O3S/c20-18-4-2-1-3-17(18)19(24)22-14-9-11-16(12-10-14)27(25,26)23-15-7-5-13(21)6-8-15/h1-12,23H,(H,22,24). The van der Waals surface area contributed by atoms with E-state index in [0.29, 0.717) is 21.4 Å². The second-order valence-corrected chi connectivity index (χ2v) is 9.35. The number of nitrogens with one attached hydrogen (secondary N) is 2. The average molecular weight is 557 g/mol. The van der Waals surface area contributed by atoms with Gasteiger partial charge in [0.2, 0.25) is 0 Å². The van der Waals surface area contributed by atoms with Gasteiger partial charge in [0.1, 0.15) is 0 Å². The van der Waals surface area contributed by atoms with Crippen molar-refractivity contribution in [3.8, 4) is 0 Å². The number of carbonyl (C=O) groups excluding carboxylic acids is 1. The van der Waals surface area contributed by atoms with E-state index in [2.05, 4.69) is 48.6 Å². The molecular formula is C19H14BrIN2O3S.